The van der Waals surface area contributed by atoms with Crippen molar-refractivity contribution in [3.63, 3.8) is 0 Å². The number of esters is 2. The molecule has 8 heteroatoms. The summed E-state index contributed by atoms with van der Waals surface area (Å²) in [6, 6.07) is 2.85. The third-order valence-corrected chi connectivity index (χ3v) is 3.98. The van der Waals surface area contributed by atoms with E-state index in [-0.39, 0.29) is 35.7 Å². The molecule has 0 radical (unpaired) electrons. The molecule has 0 bridgehead atoms. The molecule has 0 N–H and O–H groups in total. The number of hydrogen-bond donors (Lipinski definition) is 0. The fraction of sp³-hybridized carbons (Fsp3) is 0.444. The van der Waals surface area contributed by atoms with Crippen molar-refractivity contribution < 1.29 is 38.1 Å². The molecule has 26 heavy (non-hydrogen) atoms. The molecule has 0 amide bonds. The molecule has 0 spiro atoms. The van der Waals surface area contributed by atoms with Crippen molar-refractivity contribution in [3.05, 3.63) is 23.3 Å². The minimum absolute atomic E-state index is 0.00176. The van der Waals surface area contributed by atoms with E-state index < -0.39 is 29.7 Å². The van der Waals surface area contributed by atoms with Gasteiger partial charge in [-0.3, -0.25) is 14.4 Å². The van der Waals surface area contributed by atoms with Gasteiger partial charge in [0.25, 0.3) is 0 Å². The highest BCUT2D eigenvalue weighted by Gasteiger charge is 2.40. The predicted molar refractivity (Wildman–Crippen MR) is 88.5 cm³/mol. The van der Waals surface area contributed by atoms with E-state index in [1.54, 1.807) is 0 Å². The van der Waals surface area contributed by atoms with Crippen LogP contribution < -0.4 is 9.47 Å². The van der Waals surface area contributed by atoms with Crippen LogP contribution in [0.1, 0.15) is 41.0 Å². The molecule has 0 saturated heterocycles. The Kier molecular flexibility index (Phi) is 5.97. The van der Waals surface area contributed by atoms with Gasteiger partial charge < -0.3 is 18.9 Å². The summed E-state index contributed by atoms with van der Waals surface area (Å²) in [5.41, 5.74) is 0.0135. The first-order chi connectivity index (χ1) is 12.3. The molecule has 0 aromatic heterocycles. The normalized spacial score (nSPS) is 17.5. The molecule has 2 atom stereocenters. The number of ketones is 2. The zero-order valence-electron chi connectivity index (χ0n) is 15.0. The second-order valence-electron chi connectivity index (χ2n) is 5.88. The van der Waals surface area contributed by atoms with E-state index in [2.05, 4.69) is 0 Å². The maximum absolute atomic E-state index is 13.1. The third kappa shape index (κ3) is 4.01. The Morgan fingerprint density at radius 1 is 1.19 bits per heavy atom. The molecule has 8 nitrogen and oxygen atoms in total. The lowest BCUT2D eigenvalue weighted by Crippen LogP contribution is -2.36. The fourth-order valence-corrected chi connectivity index (χ4v) is 2.83. The van der Waals surface area contributed by atoms with Gasteiger partial charge in [0.1, 0.15) is 30.0 Å². The summed E-state index contributed by atoms with van der Waals surface area (Å²) in [5.74, 6) is -2.68. The second kappa shape index (κ2) is 7.99. The quantitative estimate of drug-likeness (QED) is 0.701. The van der Waals surface area contributed by atoms with Crippen LogP contribution in [-0.2, 0) is 19.1 Å². The van der Waals surface area contributed by atoms with Gasteiger partial charge in [0.15, 0.2) is 5.78 Å². The average molecular weight is 364 g/mol. The molecule has 1 heterocycles. The first-order valence-corrected chi connectivity index (χ1v) is 7.92. The summed E-state index contributed by atoms with van der Waals surface area (Å²) in [7, 11) is 2.77. The second-order valence-corrected chi connectivity index (χ2v) is 5.88. The largest absolute Gasteiger partial charge is 0.497 e. The predicted octanol–water partition coefficient (Wildman–Crippen LogP) is 1.58. The van der Waals surface area contributed by atoms with Crippen LogP contribution in [0.3, 0.4) is 0 Å². The van der Waals surface area contributed by atoms with E-state index in [9.17, 15) is 19.2 Å². The summed E-state index contributed by atoms with van der Waals surface area (Å²) in [6.07, 6.45) is -1.20. The lowest BCUT2D eigenvalue weighted by Gasteiger charge is -2.23. The maximum Gasteiger partial charge on any atom is 0.339 e. The van der Waals surface area contributed by atoms with Crippen molar-refractivity contribution in [2.75, 3.05) is 20.8 Å². The van der Waals surface area contributed by atoms with Gasteiger partial charge in [-0.1, -0.05) is 0 Å². The van der Waals surface area contributed by atoms with Gasteiger partial charge in [-0.15, -0.1) is 0 Å². The summed E-state index contributed by atoms with van der Waals surface area (Å²) in [4.78, 5) is 48.4. The first-order valence-electron chi connectivity index (χ1n) is 7.92. The molecule has 0 saturated carbocycles. The number of cyclic esters (lactones) is 1. The van der Waals surface area contributed by atoms with Crippen LogP contribution in [0.5, 0.6) is 11.5 Å². The van der Waals surface area contributed by atoms with Crippen LogP contribution in [0.2, 0.25) is 0 Å². The molecule has 0 unspecified atom stereocenters. The van der Waals surface area contributed by atoms with E-state index in [4.69, 9.17) is 18.9 Å². The van der Waals surface area contributed by atoms with Crippen molar-refractivity contribution in [2.45, 2.75) is 26.4 Å². The van der Waals surface area contributed by atoms with Gasteiger partial charge in [0, 0.05) is 19.4 Å². The number of carbonyl (C=O) groups is 4. The van der Waals surface area contributed by atoms with Crippen molar-refractivity contribution >= 4 is 23.5 Å². The number of Topliss-reactive ketones (excluding diaryl/α,β-unsaturated/α-hetero) is 2. The Morgan fingerprint density at radius 3 is 2.42 bits per heavy atom. The fourth-order valence-electron chi connectivity index (χ4n) is 2.83. The van der Waals surface area contributed by atoms with Gasteiger partial charge in [0.05, 0.1) is 31.3 Å². The maximum atomic E-state index is 13.1. The van der Waals surface area contributed by atoms with E-state index in [1.165, 1.54) is 40.2 Å². The van der Waals surface area contributed by atoms with Gasteiger partial charge in [-0.25, -0.2) is 4.79 Å². The molecule has 0 aliphatic carbocycles. The Hall–Kier alpha value is -2.90. The summed E-state index contributed by atoms with van der Waals surface area (Å²) in [6.45, 7) is 2.19. The summed E-state index contributed by atoms with van der Waals surface area (Å²) < 4.78 is 20.7. The lowest BCUT2D eigenvalue weighted by molar-refractivity contribution is -0.149. The van der Waals surface area contributed by atoms with Crippen LogP contribution in [0, 0.1) is 5.92 Å². The van der Waals surface area contributed by atoms with Crippen LogP contribution in [0.25, 0.3) is 0 Å². The monoisotopic (exact) mass is 364 g/mol. The Bertz CT molecular complexity index is 736. The van der Waals surface area contributed by atoms with Crippen LogP contribution in [-0.4, -0.2) is 50.4 Å². The van der Waals surface area contributed by atoms with E-state index in [0.29, 0.717) is 5.75 Å². The van der Waals surface area contributed by atoms with Crippen molar-refractivity contribution in [1.29, 1.82) is 0 Å². The average Bonchev–Trinajstić information content (AvgIpc) is 2.70. The minimum atomic E-state index is -1.04. The molecule has 140 valence electrons. The third-order valence-electron chi connectivity index (χ3n) is 3.98. The molecular weight excluding hydrogens is 344 g/mol. The highest BCUT2D eigenvalue weighted by Crippen LogP contribution is 2.35. The number of rotatable bonds is 6. The summed E-state index contributed by atoms with van der Waals surface area (Å²) in [5, 5.41) is 0. The number of carbonyl (C=O) groups excluding carboxylic acids is 4. The van der Waals surface area contributed by atoms with E-state index in [1.807, 2.05) is 0 Å². The van der Waals surface area contributed by atoms with Gasteiger partial charge in [-0.05, 0) is 13.0 Å². The molecule has 2 rings (SSSR count). The van der Waals surface area contributed by atoms with Gasteiger partial charge >= 0.3 is 11.9 Å². The molecule has 1 aliphatic heterocycles. The summed E-state index contributed by atoms with van der Waals surface area (Å²) >= 11 is 0. The Labute approximate surface area is 150 Å². The number of ether oxygens (including phenoxy) is 4. The zero-order valence-corrected chi connectivity index (χ0v) is 15.0. The number of hydrogen-bond acceptors (Lipinski definition) is 8. The molecule has 1 aromatic rings. The number of benzene rings is 1. The number of methoxy groups -OCH3 is 2. The smallest absolute Gasteiger partial charge is 0.339 e. The van der Waals surface area contributed by atoms with Gasteiger partial charge in [0.2, 0.25) is 0 Å². The Balaban J connectivity index is 2.54. The molecule has 0 fully saturated rings. The van der Waals surface area contributed by atoms with Crippen LogP contribution in [0.4, 0.5) is 0 Å². The van der Waals surface area contributed by atoms with E-state index >= 15 is 0 Å². The standard InChI is InChI=1S/C18H20O8/c1-9(19)5-14(26-10(2)20)13-8-25-18(22)12-6-11(23-3)7-15(24-4)16(12)17(13)21/h6-7,13-14H,5,8H2,1-4H3/t13-,14-/m1/s1. The SMILES string of the molecule is COc1cc(OC)c2c(c1)C(=O)OC[C@H]([C@@H](CC(C)=O)OC(C)=O)C2=O. The van der Waals surface area contributed by atoms with Gasteiger partial charge in [-0.2, -0.15) is 0 Å². The number of fused-ring (bicyclic) bond motifs is 1. The first kappa shape index (κ1) is 19.4. The molecule has 1 aromatic carbocycles. The Morgan fingerprint density at radius 2 is 1.88 bits per heavy atom. The van der Waals surface area contributed by atoms with Crippen molar-refractivity contribution in [3.8, 4) is 11.5 Å². The zero-order chi connectivity index (χ0) is 19.4. The highest BCUT2D eigenvalue weighted by molar-refractivity contribution is 6.11. The lowest BCUT2D eigenvalue weighted by atomic mass is 9.88. The van der Waals surface area contributed by atoms with Crippen LogP contribution >= 0.6 is 0 Å². The topological polar surface area (TPSA) is 105 Å². The molecular formula is C18H20O8. The van der Waals surface area contributed by atoms with E-state index in [0.717, 1.165) is 0 Å². The minimum Gasteiger partial charge on any atom is -0.497 e. The molecule has 1 aliphatic rings. The van der Waals surface area contributed by atoms with Crippen molar-refractivity contribution in [1.82, 2.24) is 0 Å². The van der Waals surface area contributed by atoms with Crippen LogP contribution in [0.15, 0.2) is 12.1 Å². The highest BCUT2D eigenvalue weighted by atomic mass is 16.6. The van der Waals surface area contributed by atoms with Crippen molar-refractivity contribution in [2.24, 2.45) is 5.92 Å².